The molecule has 0 saturated carbocycles. The molecule has 0 saturated heterocycles. The zero-order chi connectivity index (χ0) is 22.3. The minimum absolute atomic E-state index is 0. The first kappa shape index (κ1) is 34.1. The number of unbranched alkanes of at least 4 members (excludes halogenated alkanes) is 15. The standard InChI is InChI=1S/C29H61P.BrH/c1-5-9-13-17-18-19-21-25-28(24-20-14-10-6-2)29(30,26-22-15-11-7-3)27-23-16-12-8-4;/h28H,5-27,30H2,1-4H3;1H. The van der Waals surface area contributed by atoms with E-state index in [2.05, 4.69) is 36.9 Å². The third-order valence-corrected chi connectivity index (χ3v) is 8.42. The Kier molecular flexibility index (Phi) is 28.1. The molecule has 31 heavy (non-hydrogen) atoms. The minimum atomic E-state index is 0. The fraction of sp³-hybridized carbons (Fsp3) is 1.00. The van der Waals surface area contributed by atoms with Crippen molar-refractivity contribution in [1.82, 2.24) is 0 Å². The Labute approximate surface area is 212 Å². The molecule has 0 aliphatic rings. The first-order valence-electron chi connectivity index (χ1n) is 14.4. The normalized spacial score (nSPS) is 12.7. The van der Waals surface area contributed by atoms with E-state index >= 15 is 0 Å². The first-order chi connectivity index (χ1) is 14.6. The SMILES string of the molecule is Br.CCCCCCCCCC(CCCCCC)C(P)(CCCCCC)CCCCCC. The molecule has 0 amide bonds. The number of halogens is 1. The molecule has 0 aromatic rings. The molecular weight excluding hydrogens is 459 g/mol. The van der Waals surface area contributed by atoms with Crippen molar-refractivity contribution in [3.8, 4) is 0 Å². The van der Waals surface area contributed by atoms with Crippen LogP contribution in [0.15, 0.2) is 0 Å². The Balaban J connectivity index is 0. The number of hydrogen-bond acceptors (Lipinski definition) is 0. The summed E-state index contributed by atoms with van der Waals surface area (Å²) in [5.41, 5.74) is 0. The summed E-state index contributed by atoms with van der Waals surface area (Å²) < 4.78 is 0. The van der Waals surface area contributed by atoms with E-state index < -0.39 is 0 Å². The van der Waals surface area contributed by atoms with E-state index in [4.69, 9.17) is 0 Å². The van der Waals surface area contributed by atoms with Crippen LogP contribution in [0.3, 0.4) is 0 Å². The van der Waals surface area contributed by atoms with Crippen molar-refractivity contribution >= 4 is 26.2 Å². The van der Waals surface area contributed by atoms with Crippen LogP contribution in [-0.2, 0) is 0 Å². The molecule has 0 aliphatic heterocycles. The van der Waals surface area contributed by atoms with Crippen molar-refractivity contribution in [2.24, 2.45) is 5.92 Å². The van der Waals surface area contributed by atoms with Crippen LogP contribution in [0.5, 0.6) is 0 Å². The summed E-state index contributed by atoms with van der Waals surface area (Å²) in [6.07, 6.45) is 33.1. The van der Waals surface area contributed by atoms with E-state index in [1.54, 1.807) is 0 Å². The predicted octanol–water partition coefficient (Wildman–Crippen LogP) is 11.8. The lowest BCUT2D eigenvalue weighted by Crippen LogP contribution is -2.32. The summed E-state index contributed by atoms with van der Waals surface area (Å²) in [4.78, 5) is 0. The average Bonchev–Trinajstić information content (AvgIpc) is 2.75. The van der Waals surface area contributed by atoms with Crippen LogP contribution in [0.4, 0.5) is 0 Å². The van der Waals surface area contributed by atoms with Crippen LogP contribution >= 0.6 is 26.2 Å². The summed E-state index contributed by atoms with van der Waals surface area (Å²) in [7, 11) is 3.47. The van der Waals surface area contributed by atoms with E-state index in [0.29, 0.717) is 5.16 Å². The molecule has 190 valence electrons. The van der Waals surface area contributed by atoms with Crippen LogP contribution in [0, 0.1) is 5.92 Å². The molecule has 0 bridgehead atoms. The van der Waals surface area contributed by atoms with Gasteiger partial charge in [-0.3, -0.25) is 0 Å². The van der Waals surface area contributed by atoms with Gasteiger partial charge in [0.2, 0.25) is 0 Å². The van der Waals surface area contributed by atoms with Crippen molar-refractivity contribution in [1.29, 1.82) is 0 Å². The van der Waals surface area contributed by atoms with E-state index in [1.165, 1.54) is 148 Å². The second-order valence-electron chi connectivity index (χ2n) is 10.3. The summed E-state index contributed by atoms with van der Waals surface area (Å²) in [5.74, 6) is 0.943. The van der Waals surface area contributed by atoms with Crippen molar-refractivity contribution in [3.05, 3.63) is 0 Å². The largest absolute Gasteiger partial charge is 0.131 e. The van der Waals surface area contributed by atoms with Gasteiger partial charge in [0.1, 0.15) is 0 Å². The van der Waals surface area contributed by atoms with Gasteiger partial charge < -0.3 is 0 Å². The van der Waals surface area contributed by atoms with E-state index in [9.17, 15) is 0 Å². The Morgan fingerprint density at radius 1 is 0.452 bits per heavy atom. The van der Waals surface area contributed by atoms with Crippen molar-refractivity contribution in [2.75, 3.05) is 0 Å². The molecule has 0 aromatic carbocycles. The fourth-order valence-electron chi connectivity index (χ4n) is 5.18. The lowest BCUT2D eigenvalue weighted by molar-refractivity contribution is 0.270. The molecule has 0 N–H and O–H groups in total. The van der Waals surface area contributed by atoms with Gasteiger partial charge in [-0.2, -0.15) is 0 Å². The monoisotopic (exact) mass is 520 g/mol. The second-order valence-corrected chi connectivity index (χ2v) is 11.5. The third kappa shape index (κ3) is 20.0. The van der Waals surface area contributed by atoms with Gasteiger partial charge in [-0.05, 0) is 36.8 Å². The summed E-state index contributed by atoms with van der Waals surface area (Å²) in [6.45, 7) is 9.35. The van der Waals surface area contributed by atoms with Crippen LogP contribution in [-0.4, -0.2) is 5.16 Å². The summed E-state index contributed by atoms with van der Waals surface area (Å²) in [6, 6.07) is 0. The van der Waals surface area contributed by atoms with E-state index in [0.717, 1.165) is 5.92 Å². The third-order valence-electron chi connectivity index (χ3n) is 7.37. The molecule has 2 unspecified atom stereocenters. The van der Waals surface area contributed by atoms with Gasteiger partial charge in [-0.15, -0.1) is 26.2 Å². The topological polar surface area (TPSA) is 0 Å². The maximum absolute atomic E-state index is 3.47. The maximum Gasteiger partial charge on any atom is -0.0122 e. The van der Waals surface area contributed by atoms with Crippen LogP contribution in [0.1, 0.15) is 175 Å². The molecule has 0 aromatic heterocycles. The molecule has 0 aliphatic carbocycles. The summed E-state index contributed by atoms with van der Waals surface area (Å²) in [5, 5.41) is 0.524. The zero-order valence-corrected chi connectivity index (χ0v) is 25.2. The van der Waals surface area contributed by atoms with Crippen molar-refractivity contribution in [3.63, 3.8) is 0 Å². The van der Waals surface area contributed by atoms with Crippen molar-refractivity contribution in [2.45, 2.75) is 181 Å². The first-order valence-corrected chi connectivity index (χ1v) is 15.0. The highest BCUT2D eigenvalue weighted by molar-refractivity contribution is 8.93. The van der Waals surface area contributed by atoms with Gasteiger partial charge >= 0.3 is 0 Å². The second kappa shape index (κ2) is 25.5. The molecular formula is C29H62BrP. The molecule has 0 nitrogen and oxygen atoms in total. The smallest absolute Gasteiger partial charge is 0.0122 e. The Morgan fingerprint density at radius 3 is 1.13 bits per heavy atom. The van der Waals surface area contributed by atoms with Crippen LogP contribution in [0.2, 0.25) is 0 Å². The van der Waals surface area contributed by atoms with E-state index in [-0.39, 0.29) is 17.0 Å². The molecule has 2 heteroatoms. The molecule has 0 radical (unpaired) electrons. The van der Waals surface area contributed by atoms with Crippen LogP contribution < -0.4 is 0 Å². The van der Waals surface area contributed by atoms with Crippen molar-refractivity contribution < 1.29 is 0 Å². The molecule has 0 fully saturated rings. The molecule has 0 rings (SSSR count). The van der Waals surface area contributed by atoms with E-state index in [1.807, 2.05) is 0 Å². The Morgan fingerprint density at radius 2 is 0.742 bits per heavy atom. The molecule has 0 heterocycles. The number of hydrogen-bond donors (Lipinski definition) is 0. The van der Waals surface area contributed by atoms with Gasteiger partial charge in [0.15, 0.2) is 0 Å². The zero-order valence-electron chi connectivity index (χ0n) is 22.3. The Hall–Kier alpha value is 0.910. The highest BCUT2D eigenvalue weighted by Gasteiger charge is 2.32. The van der Waals surface area contributed by atoms with Gasteiger partial charge in [-0.1, -0.05) is 150 Å². The van der Waals surface area contributed by atoms with Gasteiger partial charge in [0, 0.05) is 0 Å². The minimum Gasteiger partial charge on any atom is -0.131 e. The average molecular weight is 522 g/mol. The maximum atomic E-state index is 3.47. The van der Waals surface area contributed by atoms with Gasteiger partial charge in [0.25, 0.3) is 0 Å². The molecule has 2 atom stereocenters. The van der Waals surface area contributed by atoms with Gasteiger partial charge in [-0.25, -0.2) is 0 Å². The molecule has 0 spiro atoms. The highest BCUT2D eigenvalue weighted by Crippen LogP contribution is 2.44. The fourth-order valence-corrected chi connectivity index (χ4v) is 5.92. The van der Waals surface area contributed by atoms with Crippen LogP contribution in [0.25, 0.3) is 0 Å². The lowest BCUT2D eigenvalue weighted by Gasteiger charge is -2.39. The van der Waals surface area contributed by atoms with Gasteiger partial charge in [0.05, 0.1) is 0 Å². The Bertz CT molecular complexity index is 319. The predicted molar refractivity (Wildman–Crippen MR) is 155 cm³/mol. The highest BCUT2D eigenvalue weighted by atomic mass is 79.9. The number of rotatable bonds is 24. The summed E-state index contributed by atoms with van der Waals surface area (Å²) >= 11 is 0. The lowest BCUT2D eigenvalue weighted by atomic mass is 9.77. The quantitative estimate of drug-likeness (QED) is 0.0875.